The summed E-state index contributed by atoms with van der Waals surface area (Å²) in [6, 6.07) is 5.90. The number of hydrogen-bond donors (Lipinski definition) is 0. The molecule has 3 nitrogen and oxygen atoms in total. The average Bonchev–Trinajstić information content (AvgIpc) is 2.60. The van der Waals surface area contributed by atoms with Crippen LogP contribution in [0, 0.1) is 17.5 Å². The highest BCUT2D eigenvalue weighted by Gasteiger charge is 2.45. The summed E-state index contributed by atoms with van der Waals surface area (Å²) in [7, 11) is 1.20. The molecule has 1 unspecified atom stereocenters. The highest BCUT2D eigenvalue weighted by atomic mass is 32.2. The third-order valence-electron chi connectivity index (χ3n) is 4.34. The van der Waals surface area contributed by atoms with Gasteiger partial charge in [0.1, 0.15) is 10.5 Å². The third kappa shape index (κ3) is 3.39. The van der Waals surface area contributed by atoms with E-state index in [0.717, 1.165) is 4.90 Å². The van der Waals surface area contributed by atoms with Crippen LogP contribution in [0.3, 0.4) is 0 Å². The van der Waals surface area contributed by atoms with E-state index in [1.54, 1.807) is 20.2 Å². The first-order valence-corrected chi connectivity index (χ1v) is 9.41. The lowest BCUT2D eigenvalue weighted by molar-refractivity contribution is -0.142. The van der Waals surface area contributed by atoms with Gasteiger partial charge in [0, 0.05) is 6.54 Å². The molecule has 0 saturated carbocycles. The van der Waals surface area contributed by atoms with Gasteiger partial charge in [-0.05, 0) is 39.2 Å². The van der Waals surface area contributed by atoms with Gasteiger partial charge in [0.15, 0.2) is 17.5 Å². The van der Waals surface area contributed by atoms with Crippen LogP contribution < -0.4 is 4.90 Å². The molecule has 0 fully saturated rings. The minimum atomic E-state index is -5.45. The smallest absolute Gasteiger partial charge is 0.337 e. The monoisotopic (exact) mass is 422 g/mol. The Hall–Kier alpha value is -2.07. The molecule has 28 heavy (non-hydrogen) atoms. The lowest BCUT2D eigenvalue weighted by atomic mass is 10.1. The molecule has 2 aromatic carbocycles. The maximum Gasteiger partial charge on any atom is 0.422 e. The quantitative estimate of drug-likeness (QED) is 0.528. The average molecular weight is 422 g/mol. The van der Waals surface area contributed by atoms with Crippen molar-refractivity contribution in [3.63, 3.8) is 0 Å². The van der Waals surface area contributed by atoms with Gasteiger partial charge in [0.05, 0.1) is 27.1 Å². The van der Waals surface area contributed by atoms with Gasteiger partial charge < -0.3 is 9.80 Å². The first-order valence-electron chi connectivity index (χ1n) is 8.26. The van der Waals surface area contributed by atoms with Crippen LogP contribution in [0.4, 0.5) is 37.7 Å². The third-order valence-corrected chi connectivity index (χ3v) is 5.82. The van der Waals surface area contributed by atoms with Crippen LogP contribution in [-0.4, -0.2) is 36.3 Å². The van der Waals surface area contributed by atoms with Gasteiger partial charge in [-0.1, -0.05) is 12.1 Å². The zero-order chi connectivity index (χ0) is 20.8. The SMILES string of the molecule is CN(C)CCCN1c2ccccc2S(=O)c2c(F)c(F)c(C(F)(F)F)c(F)c21. The molecule has 0 amide bonds. The van der Waals surface area contributed by atoms with Crippen molar-refractivity contribution in [1.29, 1.82) is 0 Å². The number of para-hydroxylation sites is 1. The maximum atomic E-state index is 14.9. The molecule has 0 spiro atoms. The molecule has 0 bridgehead atoms. The summed E-state index contributed by atoms with van der Waals surface area (Å²) in [6.07, 6.45) is -5.05. The van der Waals surface area contributed by atoms with Crippen molar-refractivity contribution < 1.29 is 30.6 Å². The zero-order valence-electron chi connectivity index (χ0n) is 14.9. The topological polar surface area (TPSA) is 23.6 Å². The molecule has 0 N–H and O–H groups in total. The Morgan fingerprint density at radius 3 is 2.29 bits per heavy atom. The molecule has 10 heteroatoms. The van der Waals surface area contributed by atoms with Crippen molar-refractivity contribution in [3.8, 4) is 0 Å². The van der Waals surface area contributed by atoms with Gasteiger partial charge in [-0.15, -0.1) is 0 Å². The number of rotatable bonds is 4. The maximum absolute atomic E-state index is 14.9. The fraction of sp³-hybridized carbons (Fsp3) is 0.333. The Balaban J connectivity index is 2.27. The molecule has 0 saturated heterocycles. The number of benzene rings is 2. The van der Waals surface area contributed by atoms with Gasteiger partial charge in [-0.25, -0.2) is 17.4 Å². The number of anilines is 2. The summed E-state index contributed by atoms with van der Waals surface area (Å²) in [5, 5.41) is 0. The van der Waals surface area contributed by atoms with Crippen molar-refractivity contribution in [2.45, 2.75) is 22.4 Å². The van der Waals surface area contributed by atoms with Crippen LogP contribution in [0.15, 0.2) is 34.1 Å². The second-order valence-electron chi connectivity index (χ2n) is 6.54. The van der Waals surface area contributed by atoms with Crippen molar-refractivity contribution in [2.75, 3.05) is 32.1 Å². The van der Waals surface area contributed by atoms with Gasteiger partial charge >= 0.3 is 6.18 Å². The summed E-state index contributed by atoms with van der Waals surface area (Å²) >= 11 is 0. The zero-order valence-corrected chi connectivity index (χ0v) is 15.7. The minimum Gasteiger partial charge on any atom is -0.337 e. The van der Waals surface area contributed by atoms with E-state index in [1.165, 1.54) is 18.2 Å². The lowest BCUT2D eigenvalue weighted by Crippen LogP contribution is -2.30. The first-order chi connectivity index (χ1) is 13.1. The molecule has 1 heterocycles. The number of alkyl halides is 3. The van der Waals surface area contributed by atoms with E-state index < -0.39 is 50.6 Å². The molecule has 0 aromatic heterocycles. The second-order valence-corrected chi connectivity index (χ2v) is 7.92. The largest absolute Gasteiger partial charge is 0.422 e. The molecule has 1 aliphatic rings. The normalized spacial score (nSPS) is 16.3. The van der Waals surface area contributed by atoms with Crippen LogP contribution in [-0.2, 0) is 17.0 Å². The molecule has 1 atom stereocenters. The Kier molecular flexibility index (Phi) is 5.46. The number of halogens is 6. The van der Waals surface area contributed by atoms with Crippen molar-refractivity contribution in [1.82, 2.24) is 4.90 Å². The van der Waals surface area contributed by atoms with Crippen molar-refractivity contribution in [3.05, 3.63) is 47.3 Å². The molecule has 1 aliphatic heterocycles. The van der Waals surface area contributed by atoms with Gasteiger partial charge in [-0.3, -0.25) is 0 Å². The summed E-state index contributed by atoms with van der Waals surface area (Å²) in [5.74, 6) is -6.30. The first kappa shape index (κ1) is 20.7. The van der Waals surface area contributed by atoms with Crippen LogP contribution in [0.1, 0.15) is 12.0 Å². The lowest BCUT2D eigenvalue weighted by Gasteiger charge is -2.34. The van der Waals surface area contributed by atoms with Gasteiger partial charge in [0.2, 0.25) is 0 Å². The Morgan fingerprint density at radius 1 is 1.04 bits per heavy atom. The number of fused-ring (bicyclic) bond motifs is 2. The fourth-order valence-electron chi connectivity index (χ4n) is 3.13. The predicted octanol–water partition coefficient (Wildman–Crippen LogP) is 4.69. The van der Waals surface area contributed by atoms with Crippen LogP contribution in [0.25, 0.3) is 0 Å². The molecule has 3 rings (SSSR count). The number of hydrogen-bond acceptors (Lipinski definition) is 3. The molecule has 0 aliphatic carbocycles. The summed E-state index contributed by atoms with van der Waals surface area (Å²) in [5.41, 5.74) is -2.95. The Morgan fingerprint density at radius 2 is 1.68 bits per heavy atom. The predicted molar refractivity (Wildman–Crippen MR) is 92.6 cm³/mol. The fourth-order valence-corrected chi connectivity index (χ4v) is 4.55. The van der Waals surface area contributed by atoms with E-state index in [-0.39, 0.29) is 17.1 Å². The highest BCUT2D eigenvalue weighted by molar-refractivity contribution is 7.85. The van der Waals surface area contributed by atoms with E-state index in [2.05, 4.69) is 0 Å². The van der Waals surface area contributed by atoms with Crippen molar-refractivity contribution >= 4 is 22.2 Å². The summed E-state index contributed by atoms with van der Waals surface area (Å²) in [4.78, 5) is 2.13. The summed E-state index contributed by atoms with van der Waals surface area (Å²) in [6.45, 7) is 0.549. The van der Waals surface area contributed by atoms with E-state index in [9.17, 15) is 30.6 Å². The summed E-state index contributed by atoms with van der Waals surface area (Å²) < 4.78 is 95.8. The Labute approximate surface area is 160 Å². The minimum absolute atomic E-state index is 0.0265. The van der Waals surface area contributed by atoms with Gasteiger partial charge in [0.25, 0.3) is 0 Å². The Bertz CT molecular complexity index is 945. The van der Waals surface area contributed by atoms with E-state index in [4.69, 9.17) is 0 Å². The second kappa shape index (κ2) is 7.40. The van der Waals surface area contributed by atoms with Crippen LogP contribution in [0.2, 0.25) is 0 Å². The van der Waals surface area contributed by atoms with E-state index in [0.29, 0.717) is 13.0 Å². The van der Waals surface area contributed by atoms with Crippen molar-refractivity contribution in [2.24, 2.45) is 0 Å². The standard InChI is InChI=1S/C18H16F6N2OS/c1-25(2)8-5-9-26-10-6-3-4-7-11(10)28(27)17-15(21)13(19)12(18(22,23)24)14(20)16(17)26/h3-4,6-7H,5,8-9H2,1-2H3. The molecule has 2 aromatic rings. The van der Waals surface area contributed by atoms with E-state index >= 15 is 0 Å². The highest BCUT2D eigenvalue weighted by Crippen LogP contribution is 2.48. The number of nitrogens with zero attached hydrogens (tertiary/aromatic N) is 2. The van der Waals surface area contributed by atoms with Gasteiger partial charge in [-0.2, -0.15) is 13.2 Å². The molecule has 0 radical (unpaired) electrons. The van der Waals surface area contributed by atoms with E-state index in [1.807, 2.05) is 4.90 Å². The molecule has 152 valence electrons. The van der Waals surface area contributed by atoms with Crippen LogP contribution >= 0.6 is 0 Å². The molecular weight excluding hydrogens is 406 g/mol. The van der Waals surface area contributed by atoms with Crippen LogP contribution in [0.5, 0.6) is 0 Å². The molecular formula is C18H16F6N2OS.